The van der Waals surface area contributed by atoms with Gasteiger partial charge in [-0.25, -0.2) is 9.36 Å². The molecule has 0 radical (unpaired) electrons. The molecule has 0 aromatic carbocycles. The number of hydrogen-bond acceptors (Lipinski definition) is 5. The van der Waals surface area contributed by atoms with E-state index in [4.69, 9.17) is 0 Å². The van der Waals surface area contributed by atoms with E-state index in [1.54, 1.807) is 21.5 Å². The zero-order chi connectivity index (χ0) is 19.8. The van der Waals surface area contributed by atoms with Crippen LogP contribution in [0.5, 0.6) is 0 Å². The highest BCUT2D eigenvalue weighted by Gasteiger charge is 2.26. The summed E-state index contributed by atoms with van der Waals surface area (Å²) in [5.41, 5.74) is 1.76. The van der Waals surface area contributed by atoms with Gasteiger partial charge >= 0.3 is 0 Å². The molecular formula is C20H23N5O2S. The van der Waals surface area contributed by atoms with Gasteiger partial charge in [0, 0.05) is 29.7 Å². The Balaban J connectivity index is 1.51. The lowest BCUT2D eigenvalue weighted by molar-refractivity contribution is 0.0692. The van der Waals surface area contributed by atoms with E-state index < -0.39 is 0 Å². The average molecular weight is 398 g/mol. The SMILES string of the molecule is Cc1cc(C)n(-c2ccc(=O)n(C3CCN(C(=O)c4ccc(C)s4)CC3)n2)n1. The zero-order valence-corrected chi connectivity index (χ0v) is 17.1. The number of rotatable bonds is 3. The Morgan fingerprint density at radius 3 is 2.43 bits per heavy atom. The van der Waals surface area contributed by atoms with E-state index in [9.17, 15) is 9.59 Å². The number of carbonyl (C=O) groups excluding carboxylic acids is 1. The van der Waals surface area contributed by atoms with Gasteiger partial charge in [0.1, 0.15) is 0 Å². The number of nitrogens with zero attached hydrogens (tertiary/aromatic N) is 5. The summed E-state index contributed by atoms with van der Waals surface area (Å²) in [6, 6.07) is 9.07. The van der Waals surface area contributed by atoms with Crippen LogP contribution in [0.1, 0.15) is 44.8 Å². The lowest BCUT2D eigenvalue weighted by Gasteiger charge is -2.32. The van der Waals surface area contributed by atoms with Crippen molar-refractivity contribution in [3.8, 4) is 5.82 Å². The Hall–Kier alpha value is -2.74. The zero-order valence-electron chi connectivity index (χ0n) is 16.3. The minimum Gasteiger partial charge on any atom is -0.338 e. The van der Waals surface area contributed by atoms with Crippen molar-refractivity contribution in [1.29, 1.82) is 0 Å². The first-order valence-corrected chi connectivity index (χ1v) is 10.2. The summed E-state index contributed by atoms with van der Waals surface area (Å²) in [5, 5.41) is 9.03. The first-order valence-electron chi connectivity index (χ1n) is 9.41. The minimum absolute atomic E-state index is 0.0152. The van der Waals surface area contributed by atoms with Gasteiger partial charge in [-0.15, -0.1) is 16.4 Å². The monoisotopic (exact) mass is 397 g/mol. The van der Waals surface area contributed by atoms with Gasteiger partial charge in [0.15, 0.2) is 5.82 Å². The molecule has 1 aliphatic heterocycles. The van der Waals surface area contributed by atoms with Gasteiger partial charge in [-0.3, -0.25) is 9.59 Å². The molecule has 4 heterocycles. The Bertz CT molecular complexity index is 1070. The van der Waals surface area contributed by atoms with Gasteiger partial charge in [0.25, 0.3) is 11.5 Å². The quantitative estimate of drug-likeness (QED) is 0.681. The number of thiophene rings is 1. The van der Waals surface area contributed by atoms with Crippen molar-refractivity contribution in [2.75, 3.05) is 13.1 Å². The maximum absolute atomic E-state index is 12.6. The summed E-state index contributed by atoms with van der Waals surface area (Å²) < 4.78 is 3.31. The van der Waals surface area contributed by atoms with Crippen molar-refractivity contribution in [2.24, 2.45) is 0 Å². The summed E-state index contributed by atoms with van der Waals surface area (Å²) in [5.74, 6) is 0.714. The van der Waals surface area contributed by atoms with Crippen LogP contribution in [-0.4, -0.2) is 43.5 Å². The maximum Gasteiger partial charge on any atom is 0.267 e. The first-order chi connectivity index (χ1) is 13.4. The molecule has 146 valence electrons. The lowest BCUT2D eigenvalue weighted by Crippen LogP contribution is -2.41. The fraction of sp³-hybridized carbons (Fsp3) is 0.400. The largest absolute Gasteiger partial charge is 0.338 e. The van der Waals surface area contributed by atoms with Crippen molar-refractivity contribution in [1.82, 2.24) is 24.5 Å². The van der Waals surface area contributed by atoms with E-state index in [1.165, 1.54) is 11.3 Å². The van der Waals surface area contributed by atoms with Crippen LogP contribution in [-0.2, 0) is 0 Å². The molecule has 3 aromatic heterocycles. The highest BCUT2D eigenvalue weighted by Crippen LogP contribution is 2.24. The molecule has 0 N–H and O–H groups in total. The van der Waals surface area contributed by atoms with Crippen LogP contribution >= 0.6 is 11.3 Å². The van der Waals surface area contributed by atoms with Crippen molar-refractivity contribution in [3.63, 3.8) is 0 Å². The van der Waals surface area contributed by atoms with Crippen molar-refractivity contribution in [3.05, 3.63) is 61.8 Å². The van der Waals surface area contributed by atoms with E-state index in [2.05, 4.69) is 10.2 Å². The number of aryl methyl sites for hydroxylation is 3. The highest BCUT2D eigenvalue weighted by atomic mass is 32.1. The number of piperidine rings is 1. The number of hydrogen-bond donors (Lipinski definition) is 0. The molecule has 8 heteroatoms. The van der Waals surface area contributed by atoms with Gasteiger partial charge in [-0.1, -0.05) is 0 Å². The summed E-state index contributed by atoms with van der Waals surface area (Å²) >= 11 is 1.52. The van der Waals surface area contributed by atoms with Gasteiger partial charge in [-0.2, -0.15) is 5.10 Å². The molecule has 1 amide bonds. The number of amides is 1. The van der Waals surface area contributed by atoms with Crippen LogP contribution in [0.3, 0.4) is 0 Å². The minimum atomic E-state index is -0.121. The summed E-state index contributed by atoms with van der Waals surface area (Å²) in [6.45, 7) is 7.15. The first kappa shape index (κ1) is 18.6. The normalized spacial score (nSPS) is 15.2. The highest BCUT2D eigenvalue weighted by molar-refractivity contribution is 7.13. The Kier molecular flexibility index (Phi) is 4.89. The number of aromatic nitrogens is 4. The second-order valence-electron chi connectivity index (χ2n) is 7.25. The molecule has 0 saturated carbocycles. The lowest BCUT2D eigenvalue weighted by atomic mass is 10.0. The molecule has 0 atom stereocenters. The van der Waals surface area contributed by atoms with Crippen LogP contribution < -0.4 is 5.56 Å². The van der Waals surface area contributed by atoms with E-state index in [-0.39, 0.29) is 17.5 Å². The molecule has 0 unspecified atom stereocenters. The van der Waals surface area contributed by atoms with Gasteiger partial charge in [0.2, 0.25) is 0 Å². The van der Waals surface area contributed by atoms with E-state index >= 15 is 0 Å². The molecule has 3 aromatic rings. The topological polar surface area (TPSA) is 73.0 Å². The van der Waals surface area contributed by atoms with Gasteiger partial charge in [-0.05, 0) is 57.9 Å². The smallest absolute Gasteiger partial charge is 0.267 e. The number of carbonyl (C=O) groups is 1. The Morgan fingerprint density at radius 1 is 1.07 bits per heavy atom. The number of likely N-dealkylation sites (tertiary alicyclic amines) is 1. The average Bonchev–Trinajstić information content (AvgIpc) is 3.26. The third-order valence-electron chi connectivity index (χ3n) is 5.09. The van der Waals surface area contributed by atoms with Crippen molar-refractivity contribution in [2.45, 2.75) is 39.7 Å². The van der Waals surface area contributed by atoms with Crippen LogP contribution in [0, 0.1) is 20.8 Å². The Labute approximate surface area is 167 Å². The fourth-order valence-electron chi connectivity index (χ4n) is 3.67. The fourth-order valence-corrected chi connectivity index (χ4v) is 4.50. The summed E-state index contributed by atoms with van der Waals surface area (Å²) in [7, 11) is 0. The standard InChI is InChI=1S/C20H23N5O2S/c1-13-12-14(2)24(21-13)18-6-7-19(26)25(22-18)16-8-10-23(11-9-16)20(27)17-5-4-15(3)28-17/h4-7,12,16H,8-11H2,1-3H3. The molecule has 0 aliphatic carbocycles. The van der Waals surface area contributed by atoms with Gasteiger partial charge in [0.05, 0.1) is 16.6 Å². The predicted octanol–water partition coefficient (Wildman–Crippen LogP) is 2.89. The third kappa shape index (κ3) is 3.52. The van der Waals surface area contributed by atoms with Crippen LogP contribution in [0.15, 0.2) is 35.1 Å². The summed E-state index contributed by atoms with van der Waals surface area (Å²) in [4.78, 5) is 28.8. The van der Waals surface area contributed by atoms with Crippen LogP contribution in [0.4, 0.5) is 0 Å². The van der Waals surface area contributed by atoms with E-state index in [0.717, 1.165) is 21.1 Å². The molecular weight excluding hydrogens is 374 g/mol. The molecule has 0 spiro atoms. The van der Waals surface area contributed by atoms with Crippen molar-refractivity contribution >= 4 is 17.2 Å². The second kappa shape index (κ2) is 7.35. The van der Waals surface area contributed by atoms with Gasteiger partial charge < -0.3 is 4.90 Å². The van der Waals surface area contributed by atoms with Crippen LogP contribution in [0.25, 0.3) is 5.82 Å². The van der Waals surface area contributed by atoms with Crippen LogP contribution in [0.2, 0.25) is 0 Å². The molecule has 4 rings (SSSR count). The third-order valence-corrected chi connectivity index (χ3v) is 6.07. The van der Waals surface area contributed by atoms with E-state index in [0.29, 0.717) is 31.7 Å². The van der Waals surface area contributed by atoms with Crippen molar-refractivity contribution < 1.29 is 4.79 Å². The molecule has 1 fully saturated rings. The maximum atomic E-state index is 12.6. The molecule has 0 bridgehead atoms. The van der Waals surface area contributed by atoms with E-state index in [1.807, 2.05) is 43.9 Å². The molecule has 1 aliphatic rings. The second-order valence-corrected chi connectivity index (χ2v) is 8.53. The Morgan fingerprint density at radius 2 is 1.82 bits per heavy atom. The molecule has 1 saturated heterocycles. The predicted molar refractivity (Wildman–Crippen MR) is 108 cm³/mol. The molecule has 7 nitrogen and oxygen atoms in total. The summed E-state index contributed by atoms with van der Waals surface area (Å²) in [6.07, 6.45) is 1.42. The molecule has 28 heavy (non-hydrogen) atoms.